The van der Waals surface area contributed by atoms with E-state index in [1.807, 2.05) is 0 Å². The van der Waals surface area contributed by atoms with Gasteiger partial charge in [-0.1, -0.05) is 37.6 Å². The van der Waals surface area contributed by atoms with E-state index in [-0.39, 0.29) is 0 Å². The van der Waals surface area contributed by atoms with Gasteiger partial charge in [-0.3, -0.25) is 11.3 Å². The van der Waals surface area contributed by atoms with Crippen LogP contribution in [0.2, 0.25) is 0 Å². The van der Waals surface area contributed by atoms with Crippen LogP contribution in [0.3, 0.4) is 0 Å². The van der Waals surface area contributed by atoms with Crippen molar-refractivity contribution < 1.29 is 0 Å². The SMILES string of the molecule is CCCC(NN)C1CCc2ccccc21. The summed E-state index contributed by atoms with van der Waals surface area (Å²) in [4.78, 5) is 0. The van der Waals surface area contributed by atoms with E-state index in [1.54, 1.807) is 0 Å². The Labute approximate surface area is 91.8 Å². The van der Waals surface area contributed by atoms with E-state index in [4.69, 9.17) is 5.84 Å². The largest absolute Gasteiger partial charge is 0.271 e. The second kappa shape index (κ2) is 4.77. The van der Waals surface area contributed by atoms with E-state index < -0.39 is 0 Å². The highest BCUT2D eigenvalue weighted by Gasteiger charge is 2.28. The van der Waals surface area contributed by atoms with Crippen molar-refractivity contribution in [2.45, 2.75) is 44.6 Å². The summed E-state index contributed by atoms with van der Waals surface area (Å²) in [5.41, 5.74) is 6.01. The van der Waals surface area contributed by atoms with Gasteiger partial charge in [0.15, 0.2) is 0 Å². The average molecular weight is 204 g/mol. The molecule has 0 bridgehead atoms. The fourth-order valence-electron chi connectivity index (χ4n) is 2.72. The first-order valence-electron chi connectivity index (χ1n) is 5.90. The minimum absolute atomic E-state index is 0.443. The van der Waals surface area contributed by atoms with Crippen LogP contribution in [-0.2, 0) is 6.42 Å². The molecule has 1 aromatic carbocycles. The highest BCUT2D eigenvalue weighted by Crippen LogP contribution is 2.36. The quantitative estimate of drug-likeness (QED) is 0.583. The number of aryl methyl sites for hydroxylation is 1. The minimum atomic E-state index is 0.443. The van der Waals surface area contributed by atoms with Crippen LogP contribution in [0.15, 0.2) is 24.3 Å². The number of rotatable bonds is 4. The Morgan fingerprint density at radius 2 is 2.27 bits per heavy atom. The lowest BCUT2D eigenvalue weighted by atomic mass is 9.91. The summed E-state index contributed by atoms with van der Waals surface area (Å²) >= 11 is 0. The number of nitrogens with one attached hydrogen (secondary N) is 1. The lowest BCUT2D eigenvalue weighted by Gasteiger charge is -2.23. The van der Waals surface area contributed by atoms with Gasteiger partial charge in [-0.2, -0.15) is 0 Å². The first kappa shape index (κ1) is 10.7. The van der Waals surface area contributed by atoms with Crippen molar-refractivity contribution in [3.8, 4) is 0 Å². The highest BCUT2D eigenvalue weighted by atomic mass is 15.2. The molecule has 0 saturated heterocycles. The molecule has 2 unspecified atom stereocenters. The summed E-state index contributed by atoms with van der Waals surface area (Å²) in [6.45, 7) is 2.21. The number of nitrogens with two attached hydrogens (primary N) is 1. The third-order valence-corrected chi connectivity index (χ3v) is 3.48. The summed E-state index contributed by atoms with van der Waals surface area (Å²) in [5, 5.41) is 0. The molecule has 0 heterocycles. The van der Waals surface area contributed by atoms with Crippen LogP contribution in [0.25, 0.3) is 0 Å². The van der Waals surface area contributed by atoms with Crippen molar-refractivity contribution in [2.24, 2.45) is 5.84 Å². The van der Waals surface area contributed by atoms with Crippen LogP contribution >= 0.6 is 0 Å². The van der Waals surface area contributed by atoms with E-state index in [0.717, 1.165) is 6.42 Å². The molecule has 0 fully saturated rings. The number of benzene rings is 1. The Morgan fingerprint density at radius 1 is 1.47 bits per heavy atom. The summed E-state index contributed by atoms with van der Waals surface area (Å²) in [6.07, 6.45) is 4.81. The van der Waals surface area contributed by atoms with E-state index in [9.17, 15) is 0 Å². The predicted octanol–water partition coefficient (Wildman–Crippen LogP) is 2.35. The normalized spacial score (nSPS) is 21.3. The first-order valence-corrected chi connectivity index (χ1v) is 5.90. The van der Waals surface area contributed by atoms with Gasteiger partial charge in [0.05, 0.1) is 0 Å². The van der Waals surface area contributed by atoms with E-state index in [0.29, 0.717) is 12.0 Å². The Hall–Kier alpha value is -0.860. The van der Waals surface area contributed by atoms with Crippen molar-refractivity contribution in [3.05, 3.63) is 35.4 Å². The number of hydrogen-bond acceptors (Lipinski definition) is 2. The highest BCUT2D eigenvalue weighted by molar-refractivity contribution is 5.35. The fourth-order valence-corrected chi connectivity index (χ4v) is 2.72. The van der Waals surface area contributed by atoms with Crippen molar-refractivity contribution in [3.63, 3.8) is 0 Å². The van der Waals surface area contributed by atoms with Crippen LogP contribution in [0.5, 0.6) is 0 Å². The Morgan fingerprint density at radius 3 is 3.00 bits per heavy atom. The molecule has 1 aliphatic carbocycles. The van der Waals surface area contributed by atoms with Gasteiger partial charge in [-0.15, -0.1) is 0 Å². The average Bonchev–Trinajstić information content (AvgIpc) is 2.70. The predicted molar refractivity (Wildman–Crippen MR) is 63.5 cm³/mol. The molecule has 2 heteroatoms. The Bertz CT molecular complexity index is 322. The Balaban J connectivity index is 2.18. The topological polar surface area (TPSA) is 38.0 Å². The maximum atomic E-state index is 5.65. The van der Waals surface area contributed by atoms with Crippen LogP contribution in [0, 0.1) is 0 Å². The molecule has 1 aromatic rings. The zero-order valence-corrected chi connectivity index (χ0v) is 9.37. The smallest absolute Gasteiger partial charge is 0.0279 e. The molecule has 2 atom stereocenters. The second-order valence-corrected chi connectivity index (χ2v) is 4.41. The molecule has 0 spiro atoms. The first-order chi connectivity index (χ1) is 7.36. The molecular formula is C13H20N2. The van der Waals surface area contributed by atoms with Gasteiger partial charge in [0.2, 0.25) is 0 Å². The van der Waals surface area contributed by atoms with E-state index in [2.05, 4.69) is 36.6 Å². The van der Waals surface area contributed by atoms with Gasteiger partial charge in [-0.25, -0.2) is 0 Å². The molecule has 0 aromatic heterocycles. The summed E-state index contributed by atoms with van der Waals surface area (Å²) < 4.78 is 0. The monoisotopic (exact) mass is 204 g/mol. The van der Waals surface area contributed by atoms with Crippen LogP contribution < -0.4 is 11.3 Å². The zero-order valence-electron chi connectivity index (χ0n) is 9.37. The molecule has 0 aliphatic heterocycles. The van der Waals surface area contributed by atoms with Crippen LogP contribution in [0.1, 0.15) is 43.2 Å². The van der Waals surface area contributed by atoms with Crippen molar-refractivity contribution >= 4 is 0 Å². The maximum Gasteiger partial charge on any atom is 0.0279 e. The van der Waals surface area contributed by atoms with Gasteiger partial charge >= 0.3 is 0 Å². The standard InChI is InChI=1S/C13H20N2/c1-2-5-13(15-14)12-9-8-10-6-3-4-7-11(10)12/h3-4,6-7,12-13,15H,2,5,8-9,14H2,1H3. The van der Waals surface area contributed by atoms with Gasteiger partial charge in [0.25, 0.3) is 0 Å². The van der Waals surface area contributed by atoms with E-state index >= 15 is 0 Å². The molecule has 15 heavy (non-hydrogen) atoms. The van der Waals surface area contributed by atoms with Gasteiger partial charge < -0.3 is 0 Å². The molecule has 2 nitrogen and oxygen atoms in total. The van der Waals surface area contributed by atoms with E-state index in [1.165, 1.54) is 30.4 Å². The zero-order chi connectivity index (χ0) is 10.7. The molecule has 82 valence electrons. The fraction of sp³-hybridized carbons (Fsp3) is 0.538. The lowest BCUT2D eigenvalue weighted by molar-refractivity contribution is 0.409. The summed E-state index contributed by atoms with van der Waals surface area (Å²) in [7, 11) is 0. The molecule has 2 rings (SSSR count). The third-order valence-electron chi connectivity index (χ3n) is 3.48. The van der Waals surface area contributed by atoms with Crippen molar-refractivity contribution in [1.29, 1.82) is 0 Å². The molecule has 3 N–H and O–H groups in total. The number of hydrazine groups is 1. The number of fused-ring (bicyclic) bond motifs is 1. The second-order valence-electron chi connectivity index (χ2n) is 4.41. The van der Waals surface area contributed by atoms with Gasteiger partial charge in [0.1, 0.15) is 0 Å². The minimum Gasteiger partial charge on any atom is -0.271 e. The van der Waals surface area contributed by atoms with Crippen molar-refractivity contribution in [2.75, 3.05) is 0 Å². The maximum absolute atomic E-state index is 5.65. The van der Waals surface area contributed by atoms with Crippen LogP contribution in [0.4, 0.5) is 0 Å². The molecule has 0 amide bonds. The van der Waals surface area contributed by atoms with Gasteiger partial charge in [-0.05, 0) is 30.4 Å². The summed E-state index contributed by atoms with van der Waals surface area (Å²) in [6, 6.07) is 9.21. The third kappa shape index (κ3) is 2.06. The molecule has 0 saturated carbocycles. The lowest BCUT2D eigenvalue weighted by Crippen LogP contribution is -2.39. The number of hydrogen-bond donors (Lipinski definition) is 2. The molecule has 1 aliphatic rings. The molecule has 0 radical (unpaired) electrons. The van der Waals surface area contributed by atoms with Crippen molar-refractivity contribution in [1.82, 2.24) is 5.43 Å². The van der Waals surface area contributed by atoms with Crippen LogP contribution in [-0.4, -0.2) is 6.04 Å². The Kier molecular flexibility index (Phi) is 3.39. The summed E-state index contributed by atoms with van der Waals surface area (Å²) in [5.74, 6) is 6.26. The van der Waals surface area contributed by atoms with Gasteiger partial charge in [0, 0.05) is 12.0 Å². The molecular weight excluding hydrogens is 184 g/mol.